The van der Waals surface area contributed by atoms with Crippen molar-refractivity contribution >= 4 is 5.91 Å². The third-order valence-corrected chi connectivity index (χ3v) is 4.48. The molecule has 0 aromatic rings. The SMILES string of the molecule is NC1COCC1C(=O)N1CC2CCCC2C1. The van der Waals surface area contributed by atoms with Gasteiger partial charge in [0, 0.05) is 19.1 Å². The minimum atomic E-state index is -0.0899. The Morgan fingerprint density at radius 1 is 1.19 bits per heavy atom. The monoisotopic (exact) mass is 224 g/mol. The molecule has 0 aromatic carbocycles. The number of nitrogens with zero attached hydrogens (tertiary/aromatic N) is 1. The molecule has 3 fully saturated rings. The Balaban J connectivity index is 1.63. The fourth-order valence-corrected chi connectivity index (χ4v) is 3.47. The zero-order valence-corrected chi connectivity index (χ0v) is 9.60. The first-order valence-electron chi connectivity index (χ1n) is 6.38. The summed E-state index contributed by atoms with van der Waals surface area (Å²) >= 11 is 0. The van der Waals surface area contributed by atoms with E-state index in [4.69, 9.17) is 10.5 Å². The predicted molar refractivity (Wildman–Crippen MR) is 59.7 cm³/mol. The molecule has 4 unspecified atom stereocenters. The van der Waals surface area contributed by atoms with Crippen LogP contribution in [0.25, 0.3) is 0 Å². The minimum absolute atomic E-state index is 0.0844. The van der Waals surface area contributed by atoms with Gasteiger partial charge in [0.2, 0.25) is 5.91 Å². The van der Waals surface area contributed by atoms with Crippen LogP contribution in [0.4, 0.5) is 0 Å². The van der Waals surface area contributed by atoms with Crippen LogP contribution in [0.1, 0.15) is 19.3 Å². The van der Waals surface area contributed by atoms with Crippen molar-refractivity contribution in [1.29, 1.82) is 0 Å². The Morgan fingerprint density at radius 3 is 2.44 bits per heavy atom. The molecule has 4 nitrogen and oxygen atoms in total. The first kappa shape index (κ1) is 10.5. The van der Waals surface area contributed by atoms with Gasteiger partial charge >= 0.3 is 0 Å². The van der Waals surface area contributed by atoms with E-state index in [0.717, 1.165) is 24.9 Å². The van der Waals surface area contributed by atoms with Crippen LogP contribution in [0.5, 0.6) is 0 Å². The van der Waals surface area contributed by atoms with Crippen LogP contribution in [0.3, 0.4) is 0 Å². The van der Waals surface area contributed by atoms with Crippen molar-refractivity contribution in [3.63, 3.8) is 0 Å². The number of rotatable bonds is 1. The maximum atomic E-state index is 12.3. The quantitative estimate of drug-likeness (QED) is 0.693. The van der Waals surface area contributed by atoms with E-state index in [0.29, 0.717) is 13.2 Å². The maximum Gasteiger partial charge on any atom is 0.229 e. The van der Waals surface area contributed by atoms with Gasteiger partial charge < -0.3 is 15.4 Å². The number of carbonyl (C=O) groups is 1. The van der Waals surface area contributed by atoms with Crippen molar-refractivity contribution in [2.75, 3.05) is 26.3 Å². The summed E-state index contributed by atoms with van der Waals surface area (Å²) in [7, 11) is 0. The minimum Gasteiger partial charge on any atom is -0.379 e. The zero-order chi connectivity index (χ0) is 11.1. The van der Waals surface area contributed by atoms with Gasteiger partial charge in [-0.25, -0.2) is 0 Å². The Morgan fingerprint density at radius 2 is 1.88 bits per heavy atom. The summed E-state index contributed by atoms with van der Waals surface area (Å²) in [6, 6.07) is -0.0899. The largest absolute Gasteiger partial charge is 0.379 e. The Hall–Kier alpha value is -0.610. The van der Waals surface area contributed by atoms with Gasteiger partial charge in [0.05, 0.1) is 19.1 Å². The number of likely N-dealkylation sites (tertiary alicyclic amines) is 1. The number of carbonyl (C=O) groups excluding carboxylic acids is 1. The fraction of sp³-hybridized carbons (Fsp3) is 0.917. The lowest BCUT2D eigenvalue weighted by Gasteiger charge is -2.22. The van der Waals surface area contributed by atoms with Crippen LogP contribution in [-0.4, -0.2) is 43.2 Å². The first-order valence-corrected chi connectivity index (χ1v) is 6.38. The maximum absolute atomic E-state index is 12.3. The number of hydrogen-bond donors (Lipinski definition) is 1. The lowest BCUT2D eigenvalue weighted by molar-refractivity contribution is -0.135. The van der Waals surface area contributed by atoms with Gasteiger partial charge in [-0.15, -0.1) is 0 Å². The number of ether oxygens (including phenoxy) is 1. The second kappa shape index (κ2) is 4.00. The summed E-state index contributed by atoms with van der Waals surface area (Å²) in [4.78, 5) is 14.3. The average molecular weight is 224 g/mol. The molecule has 4 atom stereocenters. The molecular formula is C12H20N2O2. The molecular weight excluding hydrogens is 204 g/mol. The van der Waals surface area contributed by atoms with E-state index in [1.54, 1.807) is 0 Å². The summed E-state index contributed by atoms with van der Waals surface area (Å²) in [5, 5.41) is 0. The second-order valence-corrected chi connectivity index (χ2v) is 5.50. The van der Waals surface area contributed by atoms with E-state index < -0.39 is 0 Å². The van der Waals surface area contributed by atoms with Gasteiger partial charge in [0.15, 0.2) is 0 Å². The molecule has 16 heavy (non-hydrogen) atoms. The lowest BCUT2D eigenvalue weighted by atomic mass is 10.0. The van der Waals surface area contributed by atoms with E-state index in [1.807, 2.05) is 4.90 Å². The van der Waals surface area contributed by atoms with Crippen molar-refractivity contribution in [2.45, 2.75) is 25.3 Å². The highest BCUT2D eigenvalue weighted by Crippen LogP contribution is 2.38. The van der Waals surface area contributed by atoms with E-state index >= 15 is 0 Å². The Labute approximate surface area is 96.1 Å². The van der Waals surface area contributed by atoms with Crippen LogP contribution >= 0.6 is 0 Å². The van der Waals surface area contributed by atoms with Crippen LogP contribution in [0.15, 0.2) is 0 Å². The van der Waals surface area contributed by atoms with Crippen LogP contribution < -0.4 is 5.73 Å². The number of amides is 1. The number of hydrogen-bond acceptors (Lipinski definition) is 3. The third kappa shape index (κ3) is 1.64. The van der Waals surface area contributed by atoms with E-state index in [1.165, 1.54) is 19.3 Å². The highest BCUT2D eigenvalue weighted by molar-refractivity contribution is 5.80. The van der Waals surface area contributed by atoms with Gasteiger partial charge in [-0.2, -0.15) is 0 Å². The molecule has 3 aliphatic rings. The van der Waals surface area contributed by atoms with E-state index in [2.05, 4.69) is 0 Å². The molecule has 1 aliphatic carbocycles. The summed E-state index contributed by atoms with van der Waals surface area (Å²) in [5.74, 6) is 1.68. The van der Waals surface area contributed by atoms with Crippen molar-refractivity contribution in [1.82, 2.24) is 4.90 Å². The highest BCUT2D eigenvalue weighted by atomic mass is 16.5. The molecule has 2 N–H and O–H groups in total. The number of fused-ring (bicyclic) bond motifs is 1. The average Bonchev–Trinajstić information content (AvgIpc) is 2.89. The fourth-order valence-electron chi connectivity index (χ4n) is 3.47. The van der Waals surface area contributed by atoms with E-state index in [9.17, 15) is 4.79 Å². The zero-order valence-electron chi connectivity index (χ0n) is 9.60. The summed E-state index contributed by atoms with van der Waals surface area (Å²) in [6.45, 7) is 2.99. The van der Waals surface area contributed by atoms with Crippen LogP contribution in [0.2, 0.25) is 0 Å². The van der Waals surface area contributed by atoms with Crippen LogP contribution in [-0.2, 0) is 9.53 Å². The van der Waals surface area contributed by atoms with Gasteiger partial charge in [0.25, 0.3) is 0 Å². The van der Waals surface area contributed by atoms with Crippen molar-refractivity contribution in [3.8, 4) is 0 Å². The molecule has 2 aliphatic heterocycles. The highest BCUT2D eigenvalue weighted by Gasteiger charge is 2.42. The summed E-state index contributed by atoms with van der Waals surface area (Å²) < 4.78 is 5.27. The number of nitrogens with two attached hydrogens (primary N) is 1. The standard InChI is InChI=1S/C12H20N2O2/c13-11-7-16-6-10(11)12(15)14-4-8-2-1-3-9(8)5-14/h8-11H,1-7,13H2. The third-order valence-electron chi connectivity index (χ3n) is 4.48. The summed E-state index contributed by atoms with van der Waals surface area (Å²) in [5.41, 5.74) is 5.89. The van der Waals surface area contributed by atoms with Gasteiger partial charge in [-0.05, 0) is 24.7 Å². The Kier molecular flexibility index (Phi) is 2.64. The topological polar surface area (TPSA) is 55.6 Å². The van der Waals surface area contributed by atoms with Crippen molar-refractivity contribution in [2.24, 2.45) is 23.5 Å². The molecule has 0 radical (unpaired) electrons. The van der Waals surface area contributed by atoms with E-state index in [-0.39, 0.29) is 17.9 Å². The second-order valence-electron chi connectivity index (χ2n) is 5.50. The van der Waals surface area contributed by atoms with Gasteiger partial charge in [0.1, 0.15) is 0 Å². The molecule has 1 saturated carbocycles. The lowest BCUT2D eigenvalue weighted by Crippen LogP contribution is -2.43. The molecule has 3 rings (SSSR count). The van der Waals surface area contributed by atoms with Gasteiger partial charge in [-0.3, -0.25) is 4.79 Å². The first-order chi connectivity index (χ1) is 7.75. The normalized spacial score (nSPS) is 42.7. The molecule has 0 bridgehead atoms. The molecule has 90 valence electrons. The summed E-state index contributed by atoms with van der Waals surface area (Å²) in [6.07, 6.45) is 3.97. The molecule has 1 amide bonds. The smallest absolute Gasteiger partial charge is 0.229 e. The van der Waals surface area contributed by atoms with Crippen molar-refractivity contribution in [3.05, 3.63) is 0 Å². The molecule has 0 aromatic heterocycles. The molecule has 0 spiro atoms. The predicted octanol–water partition coefficient (Wildman–Crippen LogP) is 0.219. The molecule has 4 heteroatoms. The van der Waals surface area contributed by atoms with Crippen LogP contribution in [0, 0.1) is 17.8 Å². The molecule has 2 saturated heterocycles. The van der Waals surface area contributed by atoms with Crippen molar-refractivity contribution < 1.29 is 9.53 Å². The molecule has 2 heterocycles. The van der Waals surface area contributed by atoms with Gasteiger partial charge in [-0.1, -0.05) is 6.42 Å². The Bertz CT molecular complexity index is 283.